The number of rotatable bonds is 2. The van der Waals surface area contributed by atoms with E-state index in [1.807, 2.05) is 17.5 Å². The summed E-state index contributed by atoms with van der Waals surface area (Å²) in [6.45, 7) is 2.16. The van der Waals surface area contributed by atoms with Gasteiger partial charge in [-0.15, -0.1) is 11.3 Å². The van der Waals surface area contributed by atoms with Gasteiger partial charge in [0.05, 0.1) is 23.4 Å². The van der Waals surface area contributed by atoms with Crippen LogP contribution in [0.2, 0.25) is 0 Å². The Morgan fingerprint density at radius 2 is 2.08 bits per heavy atom. The van der Waals surface area contributed by atoms with Gasteiger partial charge in [-0.25, -0.2) is 0 Å². The minimum Gasteiger partial charge on any atom is -0.399 e. The third-order valence-electron chi connectivity index (χ3n) is 5.40. The summed E-state index contributed by atoms with van der Waals surface area (Å²) in [6, 6.07) is 10.4. The van der Waals surface area contributed by atoms with Gasteiger partial charge >= 0.3 is 0 Å². The van der Waals surface area contributed by atoms with E-state index in [2.05, 4.69) is 31.2 Å². The summed E-state index contributed by atoms with van der Waals surface area (Å²) in [5.41, 5.74) is 6.14. The fourth-order valence-electron chi connectivity index (χ4n) is 4.07. The van der Waals surface area contributed by atoms with Gasteiger partial charge in [0.1, 0.15) is 6.07 Å². The maximum Gasteiger partial charge on any atom is 0.192 e. The molecular formula is C19H18N4S. The lowest BCUT2D eigenvalue weighted by atomic mass is 9.57. The third-order valence-corrected chi connectivity index (χ3v) is 6.36. The largest absolute Gasteiger partial charge is 0.399 e. The highest BCUT2D eigenvalue weighted by molar-refractivity contribution is 7.10. The molecule has 2 aliphatic carbocycles. The van der Waals surface area contributed by atoms with E-state index in [1.165, 1.54) is 0 Å². The van der Waals surface area contributed by atoms with Crippen LogP contribution in [0.3, 0.4) is 0 Å². The van der Waals surface area contributed by atoms with E-state index in [-0.39, 0.29) is 17.5 Å². The van der Waals surface area contributed by atoms with E-state index >= 15 is 0 Å². The van der Waals surface area contributed by atoms with Crippen LogP contribution in [0.15, 0.2) is 40.4 Å². The number of nitriles is 3. The van der Waals surface area contributed by atoms with Crippen molar-refractivity contribution in [1.29, 1.82) is 15.8 Å². The highest BCUT2D eigenvalue weighted by Crippen LogP contribution is 2.57. The van der Waals surface area contributed by atoms with Crippen LogP contribution in [-0.4, -0.2) is 0 Å². The van der Waals surface area contributed by atoms with Crippen molar-refractivity contribution in [2.75, 3.05) is 0 Å². The Morgan fingerprint density at radius 1 is 1.33 bits per heavy atom. The second kappa shape index (κ2) is 6.16. The zero-order valence-electron chi connectivity index (χ0n) is 13.5. The van der Waals surface area contributed by atoms with Crippen LogP contribution in [0.5, 0.6) is 0 Å². The summed E-state index contributed by atoms with van der Waals surface area (Å²) in [4.78, 5) is 0.991. The minimum atomic E-state index is -1.48. The van der Waals surface area contributed by atoms with Crippen LogP contribution in [0.1, 0.15) is 37.0 Å². The lowest BCUT2D eigenvalue weighted by Crippen LogP contribution is -2.43. The number of hydrogen-bond donors (Lipinski definition) is 1. The first kappa shape index (κ1) is 16.3. The minimum absolute atomic E-state index is 0.0106. The second-order valence-corrected chi connectivity index (χ2v) is 7.42. The van der Waals surface area contributed by atoms with E-state index in [1.54, 1.807) is 11.3 Å². The molecule has 0 radical (unpaired) electrons. The molecule has 3 atom stereocenters. The van der Waals surface area contributed by atoms with Crippen molar-refractivity contribution >= 4 is 11.3 Å². The van der Waals surface area contributed by atoms with Crippen molar-refractivity contribution in [2.24, 2.45) is 23.0 Å². The van der Waals surface area contributed by atoms with Gasteiger partial charge < -0.3 is 5.73 Å². The second-order valence-electron chi connectivity index (χ2n) is 6.44. The molecule has 2 aliphatic rings. The lowest BCUT2D eigenvalue weighted by Gasteiger charge is -2.44. The fraction of sp³-hybridized carbons (Fsp3) is 0.421. The monoisotopic (exact) mass is 334 g/mol. The van der Waals surface area contributed by atoms with Gasteiger partial charge in [-0.3, -0.25) is 0 Å². The first-order valence-electron chi connectivity index (χ1n) is 8.09. The SMILES string of the molecule is CC[C@@H]1CC=C2C(C#N)=C(N)C(C#N)(C#N)[C@H](c3cccs3)[C@H]2C1. The average molecular weight is 334 g/mol. The number of thiophene rings is 1. The first-order chi connectivity index (χ1) is 11.6. The molecule has 0 unspecified atom stereocenters. The van der Waals surface area contributed by atoms with E-state index in [9.17, 15) is 15.8 Å². The summed E-state index contributed by atoms with van der Waals surface area (Å²) in [5.74, 6) is 0.185. The van der Waals surface area contributed by atoms with Crippen molar-refractivity contribution in [2.45, 2.75) is 32.1 Å². The molecule has 24 heavy (non-hydrogen) atoms. The van der Waals surface area contributed by atoms with Gasteiger partial charge in [0, 0.05) is 10.8 Å². The average Bonchev–Trinajstić information content (AvgIpc) is 3.14. The van der Waals surface area contributed by atoms with Crippen LogP contribution in [-0.2, 0) is 0 Å². The molecule has 0 aromatic carbocycles. The molecule has 5 heteroatoms. The molecule has 0 bridgehead atoms. The number of fused-ring (bicyclic) bond motifs is 1. The predicted molar refractivity (Wildman–Crippen MR) is 92.1 cm³/mol. The Kier molecular flexibility index (Phi) is 4.18. The third kappa shape index (κ3) is 2.15. The predicted octanol–water partition coefficient (Wildman–Crippen LogP) is 3.98. The van der Waals surface area contributed by atoms with Gasteiger partial charge in [-0.1, -0.05) is 25.5 Å². The molecular weight excluding hydrogens is 316 g/mol. The highest BCUT2D eigenvalue weighted by atomic mass is 32.1. The molecule has 2 N–H and O–H groups in total. The van der Waals surface area contributed by atoms with Crippen molar-refractivity contribution in [3.05, 3.63) is 45.3 Å². The molecule has 1 aromatic heterocycles. The molecule has 0 spiro atoms. The molecule has 4 nitrogen and oxygen atoms in total. The molecule has 0 saturated heterocycles. The Hall–Kier alpha value is -2.55. The van der Waals surface area contributed by atoms with Gasteiger partial charge in [0.2, 0.25) is 0 Å². The Bertz CT molecular complexity index is 812. The highest BCUT2D eigenvalue weighted by Gasteiger charge is 2.54. The lowest BCUT2D eigenvalue weighted by molar-refractivity contribution is 0.274. The van der Waals surface area contributed by atoms with Crippen LogP contribution in [0, 0.1) is 51.2 Å². The van der Waals surface area contributed by atoms with Crippen LogP contribution >= 0.6 is 11.3 Å². The quantitative estimate of drug-likeness (QED) is 0.884. The fourth-order valence-corrected chi connectivity index (χ4v) is 5.03. The molecule has 0 amide bonds. The molecule has 1 aromatic rings. The summed E-state index contributed by atoms with van der Waals surface area (Å²) < 4.78 is 0. The maximum absolute atomic E-state index is 9.90. The number of nitrogens with two attached hydrogens (primary N) is 1. The van der Waals surface area contributed by atoms with E-state index in [4.69, 9.17) is 5.73 Å². The standard InChI is InChI=1S/C19H18N4S/c1-2-12-5-6-13-14(8-12)17(16-4-3-7-24-16)19(10-21,11-22)18(23)15(13)9-20/h3-4,6-7,12,14,17H,2,5,8,23H2,1H3/t12-,14+,17+/m1/s1. The topological polar surface area (TPSA) is 97.4 Å². The maximum atomic E-state index is 9.90. The van der Waals surface area contributed by atoms with E-state index < -0.39 is 5.41 Å². The zero-order valence-corrected chi connectivity index (χ0v) is 14.3. The van der Waals surface area contributed by atoms with Gasteiger partial charge in [-0.05, 0) is 41.7 Å². The van der Waals surface area contributed by atoms with Crippen molar-refractivity contribution in [3.63, 3.8) is 0 Å². The van der Waals surface area contributed by atoms with Crippen LogP contribution < -0.4 is 5.73 Å². The molecule has 0 saturated carbocycles. The first-order valence-corrected chi connectivity index (χ1v) is 8.97. The molecule has 1 heterocycles. The smallest absolute Gasteiger partial charge is 0.192 e. The molecule has 3 rings (SSSR count). The molecule has 0 aliphatic heterocycles. The van der Waals surface area contributed by atoms with Crippen LogP contribution in [0.25, 0.3) is 0 Å². The van der Waals surface area contributed by atoms with Gasteiger partial charge in [0.25, 0.3) is 0 Å². The summed E-state index contributed by atoms with van der Waals surface area (Å²) in [5, 5.41) is 31.4. The summed E-state index contributed by atoms with van der Waals surface area (Å²) in [7, 11) is 0. The van der Waals surface area contributed by atoms with Crippen LogP contribution in [0.4, 0.5) is 0 Å². The van der Waals surface area contributed by atoms with Crippen molar-refractivity contribution in [1.82, 2.24) is 0 Å². The molecule has 0 fully saturated rings. The zero-order chi connectivity index (χ0) is 17.3. The van der Waals surface area contributed by atoms with Gasteiger partial charge in [0.15, 0.2) is 5.41 Å². The number of nitrogens with zero attached hydrogens (tertiary/aromatic N) is 3. The van der Waals surface area contributed by atoms with Crippen molar-refractivity contribution < 1.29 is 0 Å². The normalized spacial score (nSPS) is 28.1. The Morgan fingerprint density at radius 3 is 2.62 bits per heavy atom. The number of hydrogen-bond acceptors (Lipinski definition) is 5. The summed E-state index contributed by atoms with van der Waals surface area (Å²) >= 11 is 1.55. The van der Waals surface area contributed by atoms with Crippen molar-refractivity contribution in [3.8, 4) is 18.2 Å². The summed E-state index contributed by atoms with van der Waals surface area (Å²) in [6.07, 6.45) is 4.95. The Balaban J connectivity index is 2.29. The van der Waals surface area contributed by atoms with E-state index in [0.717, 1.165) is 29.7 Å². The van der Waals surface area contributed by atoms with Gasteiger partial charge in [-0.2, -0.15) is 15.8 Å². The molecule has 120 valence electrons. The Labute approximate surface area is 146 Å². The van der Waals surface area contributed by atoms with E-state index in [0.29, 0.717) is 11.5 Å². The number of allylic oxidation sites excluding steroid dienone is 4.